The van der Waals surface area contributed by atoms with Crippen molar-refractivity contribution in [3.05, 3.63) is 92.7 Å². The molecule has 2 bridgehead atoms. The van der Waals surface area contributed by atoms with Gasteiger partial charge in [-0.2, -0.15) is 0 Å². The number of rotatable bonds is 2. The number of allylic oxidation sites excluding steroid dienone is 1. The van der Waals surface area contributed by atoms with E-state index in [0.717, 1.165) is 47.7 Å². The van der Waals surface area contributed by atoms with Gasteiger partial charge in [-0.25, -0.2) is 13.1 Å². The summed E-state index contributed by atoms with van der Waals surface area (Å²) in [6.45, 7) is 3.79. The standard InChI is InChI=1S/C36H41ClN2O5S2/c1-23-5-2-8-32(40)29-12-9-26(29)20-39-21-36(15-3-6-24-17-27(37)11-13-30(24)36)22-44-33-14-10-25(18-31(33)39)35(41)38-46(42,43)34(23)19-28-7-4-16-45-28/h2,4,7-8,10-11,13-14,16-18,23,26,29,32,34,40H,3,5-6,9,12,15,19-22H2,1H3,(H,38,41)/b8-2-/t23-,26-,29+,32-,34+,36-/m0/s1. The van der Waals surface area contributed by atoms with E-state index in [4.69, 9.17) is 16.3 Å². The Kier molecular flexibility index (Phi) is 8.72. The summed E-state index contributed by atoms with van der Waals surface area (Å²) in [4.78, 5) is 17.0. The molecule has 0 unspecified atom stereocenters. The number of carbonyl (C=O) groups is 1. The van der Waals surface area contributed by atoms with Crippen molar-refractivity contribution in [2.75, 3.05) is 24.6 Å². The maximum absolute atomic E-state index is 13.9. The van der Waals surface area contributed by atoms with Gasteiger partial charge in [-0.05, 0) is 109 Å². The number of ether oxygens (including phenoxy) is 1. The lowest BCUT2D eigenvalue weighted by molar-refractivity contribution is 0.0456. The number of aryl methyl sites for hydroxylation is 1. The van der Waals surface area contributed by atoms with E-state index in [9.17, 15) is 18.3 Å². The van der Waals surface area contributed by atoms with Gasteiger partial charge >= 0.3 is 0 Å². The number of nitrogens with one attached hydrogen (secondary N) is 1. The number of nitrogens with zero attached hydrogens (tertiary/aromatic N) is 1. The van der Waals surface area contributed by atoms with Crippen LogP contribution in [0, 0.1) is 17.8 Å². The summed E-state index contributed by atoms with van der Waals surface area (Å²) in [5.41, 5.74) is 3.30. The molecule has 46 heavy (non-hydrogen) atoms. The smallest absolute Gasteiger partial charge is 0.264 e. The Morgan fingerprint density at radius 2 is 2.04 bits per heavy atom. The van der Waals surface area contributed by atoms with Gasteiger partial charge in [0.15, 0.2) is 0 Å². The van der Waals surface area contributed by atoms with E-state index in [1.54, 1.807) is 18.2 Å². The van der Waals surface area contributed by atoms with Crippen LogP contribution in [-0.2, 0) is 28.3 Å². The number of halogens is 1. The molecular weight excluding hydrogens is 640 g/mol. The van der Waals surface area contributed by atoms with Crippen LogP contribution in [-0.4, -0.2) is 50.5 Å². The number of hydrogen-bond acceptors (Lipinski definition) is 7. The normalized spacial score (nSPS) is 31.4. The highest BCUT2D eigenvalue weighted by atomic mass is 35.5. The molecule has 6 atom stereocenters. The fraction of sp³-hybridized carbons (Fsp3) is 0.472. The fourth-order valence-corrected chi connectivity index (χ4v) is 10.8. The van der Waals surface area contributed by atoms with Crippen molar-refractivity contribution in [3.8, 4) is 5.75 Å². The van der Waals surface area contributed by atoms with E-state index >= 15 is 0 Å². The first-order valence-electron chi connectivity index (χ1n) is 16.4. The minimum absolute atomic E-state index is 0.109. The fourth-order valence-electron chi connectivity index (χ4n) is 8.04. The summed E-state index contributed by atoms with van der Waals surface area (Å²) >= 11 is 7.92. The van der Waals surface area contributed by atoms with Gasteiger partial charge in [0.25, 0.3) is 5.91 Å². The van der Waals surface area contributed by atoms with Crippen molar-refractivity contribution >= 4 is 44.6 Å². The molecule has 1 fully saturated rings. The average Bonchev–Trinajstić information content (AvgIpc) is 3.47. The van der Waals surface area contributed by atoms with Crippen LogP contribution in [0.15, 0.2) is 66.1 Å². The summed E-state index contributed by atoms with van der Waals surface area (Å²) < 4.78 is 36.7. The van der Waals surface area contributed by atoms with Gasteiger partial charge in [-0.15, -0.1) is 11.3 Å². The number of amides is 1. The molecule has 1 spiro atoms. The van der Waals surface area contributed by atoms with Gasteiger partial charge in [0.05, 0.1) is 23.6 Å². The van der Waals surface area contributed by atoms with E-state index in [0.29, 0.717) is 38.3 Å². The van der Waals surface area contributed by atoms with Crippen molar-refractivity contribution in [1.29, 1.82) is 0 Å². The lowest BCUT2D eigenvalue weighted by Gasteiger charge is -2.45. The quantitative estimate of drug-likeness (QED) is 0.299. The first-order chi connectivity index (χ1) is 22.1. The summed E-state index contributed by atoms with van der Waals surface area (Å²) in [5, 5.41) is 13.2. The zero-order chi connectivity index (χ0) is 32.1. The Balaban J connectivity index is 1.28. The Morgan fingerprint density at radius 1 is 1.17 bits per heavy atom. The van der Waals surface area contributed by atoms with Gasteiger partial charge in [0.1, 0.15) is 5.75 Å². The summed E-state index contributed by atoms with van der Waals surface area (Å²) in [5.74, 6) is 0.144. The molecule has 4 aliphatic rings. The van der Waals surface area contributed by atoms with Gasteiger partial charge < -0.3 is 14.7 Å². The topological polar surface area (TPSA) is 95.9 Å². The third-order valence-corrected chi connectivity index (χ3v) is 13.8. The molecule has 0 saturated heterocycles. The van der Waals surface area contributed by atoms with Crippen molar-refractivity contribution in [2.24, 2.45) is 17.8 Å². The molecule has 2 aliphatic carbocycles. The maximum atomic E-state index is 13.9. The number of fused-ring (bicyclic) bond motifs is 4. The van der Waals surface area contributed by atoms with Gasteiger partial charge in [-0.1, -0.05) is 42.8 Å². The molecule has 10 heteroatoms. The second-order valence-corrected chi connectivity index (χ2v) is 17.1. The molecule has 2 N–H and O–H groups in total. The number of hydrogen-bond donors (Lipinski definition) is 2. The third-order valence-electron chi connectivity index (χ3n) is 10.8. The van der Waals surface area contributed by atoms with E-state index in [2.05, 4.69) is 21.8 Å². The van der Waals surface area contributed by atoms with Gasteiger partial charge in [0, 0.05) is 40.4 Å². The lowest BCUT2D eigenvalue weighted by Crippen LogP contribution is -2.49. The number of sulfonamides is 1. The molecule has 3 heterocycles. The highest BCUT2D eigenvalue weighted by Gasteiger charge is 2.44. The van der Waals surface area contributed by atoms with E-state index < -0.39 is 27.3 Å². The van der Waals surface area contributed by atoms with Gasteiger partial charge in [0.2, 0.25) is 10.0 Å². The Labute approximate surface area is 280 Å². The minimum Gasteiger partial charge on any atom is -0.490 e. The minimum atomic E-state index is -4.04. The second kappa shape index (κ2) is 12.6. The lowest BCUT2D eigenvalue weighted by atomic mass is 9.68. The summed E-state index contributed by atoms with van der Waals surface area (Å²) in [7, 11) is -4.04. The Bertz CT molecular complexity index is 1740. The monoisotopic (exact) mass is 680 g/mol. The number of benzene rings is 2. The second-order valence-electron chi connectivity index (χ2n) is 13.7. The van der Waals surface area contributed by atoms with Crippen LogP contribution in [0.1, 0.15) is 65.4 Å². The van der Waals surface area contributed by atoms with Crippen LogP contribution in [0.5, 0.6) is 5.75 Å². The van der Waals surface area contributed by atoms with Gasteiger partial charge in [-0.3, -0.25) is 4.79 Å². The molecule has 7 nitrogen and oxygen atoms in total. The predicted octanol–water partition coefficient (Wildman–Crippen LogP) is 6.53. The molecule has 244 valence electrons. The third kappa shape index (κ3) is 6.12. The SMILES string of the molecule is C[C@H]1C/C=C\[C@H](O)[C@@H]2CC[C@H]2CN2C[C@@]3(CCCc4cc(Cl)ccc43)COc3ccc(cc32)C(=O)NS(=O)(=O)[C@@H]1Cc1cccs1. The molecule has 1 aromatic heterocycles. The average molecular weight is 681 g/mol. The number of carbonyl (C=O) groups excluding carboxylic acids is 1. The van der Waals surface area contributed by atoms with Crippen LogP contribution < -0.4 is 14.4 Å². The van der Waals surface area contributed by atoms with Crippen molar-refractivity contribution < 1.29 is 23.1 Å². The van der Waals surface area contributed by atoms with Crippen LogP contribution >= 0.6 is 22.9 Å². The number of thiophene rings is 1. The predicted molar refractivity (Wildman–Crippen MR) is 184 cm³/mol. The Morgan fingerprint density at radius 3 is 2.83 bits per heavy atom. The number of aliphatic hydroxyl groups is 1. The van der Waals surface area contributed by atoms with Crippen LogP contribution in [0.25, 0.3) is 0 Å². The highest BCUT2D eigenvalue weighted by Crippen LogP contribution is 2.47. The van der Waals surface area contributed by atoms with Crippen LogP contribution in [0.3, 0.4) is 0 Å². The maximum Gasteiger partial charge on any atom is 0.264 e. The number of aliphatic hydroxyl groups excluding tert-OH is 1. The molecule has 1 saturated carbocycles. The largest absolute Gasteiger partial charge is 0.490 e. The molecular formula is C36H41ClN2O5S2. The van der Waals surface area contributed by atoms with Crippen molar-refractivity contribution in [1.82, 2.24) is 4.72 Å². The van der Waals surface area contributed by atoms with Crippen LogP contribution in [0.4, 0.5) is 5.69 Å². The molecule has 0 radical (unpaired) electrons. The summed E-state index contributed by atoms with van der Waals surface area (Å²) in [6, 6.07) is 15.3. The van der Waals surface area contributed by atoms with E-state index in [1.807, 2.05) is 42.7 Å². The number of anilines is 1. The van der Waals surface area contributed by atoms with Crippen molar-refractivity contribution in [2.45, 2.75) is 68.6 Å². The first kappa shape index (κ1) is 31.7. The first-order valence-corrected chi connectivity index (χ1v) is 19.2. The zero-order valence-electron chi connectivity index (χ0n) is 26.0. The van der Waals surface area contributed by atoms with Crippen LogP contribution in [0.2, 0.25) is 5.02 Å². The molecule has 1 amide bonds. The highest BCUT2D eigenvalue weighted by molar-refractivity contribution is 7.90. The molecule has 7 rings (SSSR count). The summed E-state index contributed by atoms with van der Waals surface area (Å²) in [6.07, 6.45) is 8.86. The van der Waals surface area contributed by atoms with E-state index in [1.165, 1.54) is 22.5 Å². The molecule has 3 aromatic rings. The molecule has 2 aromatic carbocycles. The Hall–Kier alpha value is -2.85. The van der Waals surface area contributed by atoms with E-state index in [-0.39, 0.29) is 28.7 Å². The van der Waals surface area contributed by atoms with Crippen molar-refractivity contribution in [3.63, 3.8) is 0 Å². The zero-order valence-corrected chi connectivity index (χ0v) is 28.4. The molecule has 2 aliphatic heterocycles.